The highest BCUT2D eigenvalue weighted by atomic mass is 16.5. The molecule has 0 aliphatic heterocycles. The SMILES string of the molecule is CCC(C)OC(C)(CC)CC. The van der Waals surface area contributed by atoms with Gasteiger partial charge in [-0.1, -0.05) is 20.8 Å². The predicted molar refractivity (Wildman–Crippen MR) is 49.8 cm³/mol. The molecule has 0 aliphatic rings. The zero-order valence-corrected chi connectivity index (χ0v) is 8.61. The van der Waals surface area contributed by atoms with E-state index in [1.54, 1.807) is 0 Å². The lowest BCUT2D eigenvalue weighted by atomic mass is 10.00. The van der Waals surface area contributed by atoms with Gasteiger partial charge in [0, 0.05) is 0 Å². The van der Waals surface area contributed by atoms with E-state index in [1.807, 2.05) is 0 Å². The van der Waals surface area contributed by atoms with Gasteiger partial charge in [-0.25, -0.2) is 0 Å². The minimum atomic E-state index is 0.107. The molecule has 0 amide bonds. The molecular formula is C10H22O. The minimum Gasteiger partial charge on any atom is -0.372 e. The third-order valence-corrected chi connectivity index (χ3v) is 2.56. The molecule has 0 saturated carbocycles. The first-order valence-electron chi connectivity index (χ1n) is 4.75. The molecule has 0 aliphatic carbocycles. The second-order valence-electron chi connectivity index (χ2n) is 3.49. The highest BCUT2D eigenvalue weighted by molar-refractivity contribution is 4.72. The average Bonchev–Trinajstić information content (AvgIpc) is 2.04. The van der Waals surface area contributed by atoms with Crippen molar-refractivity contribution in [3.63, 3.8) is 0 Å². The summed E-state index contributed by atoms with van der Waals surface area (Å²) in [4.78, 5) is 0. The molecule has 1 unspecified atom stereocenters. The number of ether oxygens (including phenoxy) is 1. The smallest absolute Gasteiger partial charge is 0.0652 e. The van der Waals surface area contributed by atoms with Crippen molar-refractivity contribution < 1.29 is 4.74 Å². The maximum atomic E-state index is 5.89. The summed E-state index contributed by atoms with van der Waals surface area (Å²) in [5, 5.41) is 0. The fourth-order valence-corrected chi connectivity index (χ4v) is 0.986. The molecule has 0 aromatic rings. The maximum absolute atomic E-state index is 5.89. The van der Waals surface area contributed by atoms with Crippen molar-refractivity contribution in [3.8, 4) is 0 Å². The second-order valence-corrected chi connectivity index (χ2v) is 3.49. The van der Waals surface area contributed by atoms with Gasteiger partial charge in [-0.15, -0.1) is 0 Å². The summed E-state index contributed by atoms with van der Waals surface area (Å²) in [5.41, 5.74) is 0.107. The van der Waals surface area contributed by atoms with Crippen LogP contribution in [0.4, 0.5) is 0 Å². The molecule has 1 heteroatoms. The molecule has 0 spiro atoms. The molecule has 11 heavy (non-hydrogen) atoms. The Labute approximate surface area is 71.1 Å². The van der Waals surface area contributed by atoms with Gasteiger partial charge in [-0.2, -0.15) is 0 Å². The first-order chi connectivity index (χ1) is 5.08. The van der Waals surface area contributed by atoms with Crippen molar-refractivity contribution in [2.45, 2.75) is 65.6 Å². The molecule has 0 fully saturated rings. The second kappa shape index (κ2) is 4.76. The molecule has 1 nitrogen and oxygen atoms in total. The van der Waals surface area contributed by atoms with Crippen molar-refractivity contribution in [1.82, 2.24) is 0 Å². The van der Waals surface area contributed by atoms with Crippen LogP contribution in [0.25, 0.3) is 0 Å². The van der Waals surface area contributed by atoms with Gasteiger partial charge in [-0.05, 0) is 33.1 Å². The summed E-state index contributed by atoms with van der Waals surface area (Å²) in [7, 11) is 0. The predicted octanol–water partition coefficient (Wildman–Crippen LogP) is 3.38. The van der Waals surface area contributed by atoms with E-state index in [9.17, 15) is 0 Å². The van der Waals surface area contributed by atoms with E-state index < -0.39 is 0 Å². The van der Waals surface area contributed by atoms with Crippen LogP contribution in [0.2, 0.25) is 0 Å². The minimum absolute atomic E-state index is 0.107. The molecule has 0 rings (SSSR count). The summed E-state index contributed by atoms with van der Waals surface area (Å²) in [6.45, 7) is 10.9. The number of hydrogen-bond acceptors (Lipinski definition) is 1. The molecule has 0 radical (unpaired) electrons. The summed E-state index contributed by atoms with van der Waals surface area (Å²) in [6.07, 6.45) is 3.72. The molecule has 0 heterocycles. The first-order valence-corrected chi connectivity index (χ1v) is 4.75. The Morgan fingerprint density at radius 3 is 1.91 bits per heavy atom. The van der Waals surface area contributed by atoms with Crippen LogP contribution in [0, 0.1) is 0 Å². The van der Waals surface area contributed by atoms with Crippen LogP contribution in [0.1, 0.15) is 53.9 Å². The number of rotatable bonds is 5. The average molecular weight is 158 g/mol. The highest BCUT2D eigenvalue weighted by Crippen LogP contribution is 2.21. The van der Waals surface area contributed by atoms with Gasteiger partial charge in [-0.3, -0.25) is 0 Å². The van der Waals surface area contributed by atoms with Gasteiger partial charge in [0.25, 0.3) is 0 Å². The fraction of sp³-hybridized carbons (Fsp3) is 1.00. The Bertz CT molecular complexity index is 95.0. The fourth-order valence-electron chi connectivity index (χ4n) is 0.986. The van der Waals surface area contributed by atoms with Crippen molar-refractivity contribution >= 4 is 0 Å². The lowest BCUT2D eigenvalue weighted by molar-refractivity contribution is -0.0806. The van der Waals surface area contributed by atoms with E-state index in [0.29, 0.717) is 6.10 Å². The van der Waals surface area contributed by atoms with Gasteiger partial charge in [0.1, 0.15) is 0 Å². The highest BCUT2D eigenvalue weighted by Gasteiger charge is 2.21. The van der Waals surface area contributed by atoms with Crippen molar-refractivity contribution in [1.29, 1.82) is 0 Å². The standard InChI is InChI=1S/C10H22O/c1-6-9(4)11-10(5,7-2)8-3/h9H,6-8H2,1-5H3. The Hall–Kier alpha value is -0.0400. The summed E-state index contributed by atoms with van der Waals surface area (Å²) in [6, 6.07) is 0. The van der Waals surface area contributed by atoms with Gasteiger partial charge < -0.3 is 4.74 Å². The molecule has 0 aromatic heterocycles. The van der Waals surface area contributed by atoms with Crippen LogP contribution in [0.3, 0.4) is 0 Å². The summed E-state index contributed by atoms with van der Waals surface area (Å²) in [5.74, 6) is 0. The molecule has 68 valence electrons. The Morgan fingerprint density at radius 2 is 1.64 bits per heavy atom. The van der Waals surface area contributed by atoms with Crippen molar-refractivity contribution in [2.24, 2.45) is 0 Å². The molecule has 1 atom stereocenters. The molecular weight excluding hydrogens is 136 g/mol. The van der Waals surface area contributed by atoms with Crippen LogP contribution in [-0.4, -0.2) is 11.7 Å². The largest absolute Gasteiger partial charge is 0.372 e. The summed E-state index contributed by atoms with van der Waals surface area (Å²) < 4.78 is 5.89. The van der Waals surface area contributed by atoms with Crippen LogP contribution in [0.15, 0.2) is 0 Å². The monoisotopic (exact) mass is 158 g/mol. The Kier molecular flexibility index (Phi) is 4.74. The topological polar surface area (TPSA) is 9.23 Å². The third-order valence-electron chi connectivity index (χ3n) is 2.56. The quantitative estimate of drug-likeness (QED) is 0.596. The molecule has 0 aromatic carbocycles. The Morgan fingerprint density at radius 1 is 1.18 bits per heavy atom. The van der Waals surface area contributed by atoms with E-state index in [2.05, 4.69) is 34.6 Å². The van der Waals surface area contributed by atoms with Crippen LogP contribution in [0.5, 0.6) is 0 Å². The van der Waals surface area contributed by atoms with Crippen LogP contribution >= 0.6 is 0 Å². The number of hydrogen-bond donors (Lipinski definition) is 0. The van der Waals surface area contributed by atoms with E-state index in [0.717, 1.165) is 19.3 Å². The van der Waals surface area contributed by atoms with E-state index >= 15 is 0 Å². The van der Waals surface area contributed by atoms with E-state index in [4.69, 9.17) is 4.74 Å². The first kappa shape index (κ1) is 11.0. The zero-order chi connectivity index (χ0) is 8.91. The van der Waals surface area contributed by atoms with E-state index in [-0.39, 0.29) is 5.60 Å². The lowest BCUT2D eigenvalue weighted by Gasteiger charge is -2.30. The van der Waals surface area contributed by atoms with Crippen LogP contribution < -0.4 is 0 Å². The van der Waals surface area contributed by atoms with Gasteiger partial charge >= 0.3 is 0 Å². The van der Waals surface area contributed by atoms with Crippen LogP contribution in [-0.2, 0) is 4.74 Å². The van der Waals surface area contributed by atoms with Gasteiger partial charge in [0.2, 0.25) is 0 Å². The molecule has 0 saturated heterocycles. The van der Waals surface area contributed by atoms with Gasteiger partial charge in [0.05, 0.1) is 11.7 Å². The molecule has 0 bridgehead atoms. The third kappa shape index (κ3) is 3.76. The zero-order valence-electron chi connectivity index (χ0n) is 8.61. The van der Waals surface area contributed by atoms with Crippen molar-refractivity contribution in [3.05, 3.63) is 0 Å². The molecule has 0 N–H and O–H groups in total. The normalized spacial score (nSPS) is 15.0. The van der Waals surface area contributed by atoms with Crippen molar-refractivity contribution in [2.75, 3.05) is 0 Å². The Balaban J connectivity index is 3.86. The lowest BCUT2D eigenvalue weighted by Crippen LogP contribution is -2.30. The maximum Gasteiger partial charge on any atom is 0.0652 e. The van der Waals surface area contributed by atoms with E-state index in [1.165, 1.54) is 0 Å². The van der Waals surface area contributed by atoms with Gasteiger partial charge in [0.15, 0.2) is 0 Å². The summed E-state index contributed by atoms with van der Waals surface area (Å²) >= 11 is 0.